The summed E-state index contributed by atoms with van der Waals surface area (Å²) in [5, 5.41) is 16.5. The van der Waals surface area contributed by atoms with Gasteiger partial charge in [0.1, 0.15) is 6.54 Å². The predicted octanol–water partition coefficient (Wildman–Crippen LogP) is 2.51. The van der Waals surface area contributed by atoms with Gasteiger partial charge in [0.25, 0.3) is 5.56 Å². The number of nitrogens with one attached hydrogen (secondary N) is 1. The summed E-state index contributed by atoms with van der Waals surface area (Å²) < 4.78 is 0.970. The third kappa shape index (κ3) is 4.44. The maximum absolute atomic E-state index is 12.4. The van der Waals surface area contributed by atoms with Crippen molar-refractivity contribution in [1.29, 1.82) is 0 Å². The molecule has 3 aromatic rings. The number of amides is 1. The first-order valence-corrected chi connectivity index (χ1v) is 8.73. The van der Waals surface area contributed by atoms with Crippen molar-refractivity contribution in [3.8, 4) is 11.3 Å². The Morgan fingerprint density at radius 3 is 2.39 bits per heavy atom. The van der Waals surface area contributed by atoms with Crippen molar-refractivity contribution in [2.24, 2.45) is 0 Å². The van der Waals surface area contributed by atoms with Crippen LogP contribution in [0.1, 0.15) is 11.6 Å². The Morgan fingerprint density at radius 1 is 1.04 bits per heavy atom. The highest BCUT2D eigenvalue weighted by Gasteiger charge is 2.22. The molecular formula is C20H16ClN3O4. The van der Waals surface area contributed by atoms with Gasteiger partial charge in [-0.3, -0.25) is 9.59 Å². The minimum atomic E-state index is -1.23. The zero-order valence-electron chi connectivity index (χ0n) is 14.6. The van der Waals surface area contributed by atoms with Crippen molar-refractivity contribution in [3.63, 3.8) is 0 Å². The molecule has 2 aromatic carbocycles. The molecule has 0 aliphatic heterocycles. The number of nitrogens with zero attached hydrogens (tertiary/aromatic N) is 2. The third-order valence-electron chi connectivity index (χ3n) is 3.99. The van der Waals surface area contributed by atoms with Gasteiger partial charge in [-0.25, -0.2) is 9.48 Å². The molecule has 0 aliphatic carbocycles. The number of hydrogen-bond acceptors (Lipinski definition) is 4. The van der Waals surface area contributed by atoms with E-state index in [0.29, 0.717) is 21.8 Å². The molecule has 0 saturated heterocycles. The second-order valence-corrected chi connectivity index (χ2v) is 6.35. The molecule has 7 nitrogen and oxygen atoms in total. The lowest BCUT2D eigenvalue weighted by molar-refractivity contribution is -0.142. The van der Waals surface area contributed by atoms with E-state index in [1.54, 1.807) is 54.6 Å². The number of rotatable bonds is 6. The van der Waals surface area contributed by atoms with E-state index in [9.17, 15) is 19.5 Å². The average Bonchev–Trinajstić information content (AvgIpc) is 2.69. The molecule has 0 radical (unpaired) electrons. The molecule has 28 heavy (non-hydrogen) atoms. The Labute approximate surface area is 165 Å². The normalized spacial score (nSPS) is 11.6. The van der Waals surface area contributed by atoms with Crippen LogP contribution in [0.25, 0.3) is 11.3 Å². The van der Waals surface area contributed by atoms with Gasteiger partial charge in [-0.05, 0) is 17.7 Å². The molecule has 142 valence electrons. The zero-order chi connectivity index (χ0) is 20.1. The molecular weight excluding hydrogens is 382 g/mol. The van der Waals surface area contributed by atoms with Crippen LogP contribution in [0.2, 0.25) is 5.02 Å². The lowest BCUT2D eigenvalue weighted by atomic mass is 10.1. The van der Waals surface area contributed by atoms with E-state index in [-0.39, 0.29) is 0 Å². The topological polar surface area (TPSA) is 101 Å². The number of carboxylic acids is 1. The summed E-state index contributed by atoms with van der Waals surface area (Å²) in [5.41, 5.74) is 0.980. The van der Waals surface area contributed by atoms with Crippen molar-refractivity contribution < 1.29 is 14.7 Å². The molecule has 0 saturated carbocycles. The van der Waals surface area contributed by atoms with Gasteiger partial charge in [0, 0.05) is 11.6 Å². The van der Waals surface area contributed by atoms with E-state index in [1.807, 2.05) is 0 Å². The summed E-state index contributed by atoms with van der Waals surface area (Å²) in [4.78, 5) is 36.0. The number of hydrogen-bond donors (Lipinski definition) is 2. The molecule has 1 atom stereocenters. The van der Waals surface area contributed by atoms with Crippen LogP contribution in [0.5, 0.6) is 0 Å². The fraction of sp³-hybridized carbons (Fsp3) is 0.100. The number of carbonyl (C=O) groups excluding carboxylic acids is 1. The molecule has 0 unspecified atom stereocenters. The fourth-order valence-electron chi connectivity index (χ4n) is 2.65. The van der Waals surface area contributed by atoms with Gasteiger partial charge >= 0.3 is 5.97 Å². The molecule has 1 heterocycles. The van der Waals surface area contributed by atoms with Crippen LogP contribution < -0.4 is 10.9 Å². The molecule has 0 fully saturated rings. The maximum atomic E-state index is 12.4. The lowest BCUT2D eigenvalue weighted by Gasteiger charge is -2.15. The molecule has 0 bridgehead atoms. The lowest BCUT2D eigenvalue weighted by Crippen LogP contribution is -2.38. The van der Waals surface area contributed by atoms with Gasteiger partial charge < -0.3 is 10.4 Å². The van der Waals surface area contributed by atoms with Crippen LogP contribution in [0.3, 0.4) is 0 Å². The number of aromatic nitrogens is 2. The third-order valence-corrected chi connectivity index (χ3v) is 4.32. The summed E-state index contributed by atoms with van der Waals surface area (Å²) in [6.45, 7) is -0.423. The number of benzene rings is 2. The Balaban J connectivity index is 1.82. The van der Waals surface area contributed by atoms with Crippen LogP contribution in [0, 0.1) is 0 Å². The van der Waals surface area contributed by atoms with Crippen LogP contribution in [-0.2, 0) is 16.1 Å². The van der Waals surface area contributed by atoms with E-state index in [4.69, 9.17) is 11.6 Å². The minimum absolute atomic E-state index is 0.423. The van der Waals surface area contributed by atoms with E-state index in [2.05, 4.69) is 10.4 Å². The molecule has 1 aromatic heterocycles. The Kier molecular flexibility index (Phi) is 5.86. The number of carbonyl (C=O) groups is 2. The Bertz CT molecular complexity index is 1070. The summed E-state index contributed by atoms with van der Waals surface area (Å²) >= 11 is 6.16. The van der Waals surface area contributed by atoms with Crippen LogP contribution in [-0.4, -0.2) is 26.8 Å². The van der Waals surface area contributed by atoms with E-state index in [1.165, 1.54) is 12.1 Å². The van der Waals surface area contributed by atoms with Gasteiger partial charge in [0.15, 0.2) is 6.04 Å². The molecule has 3 rings (SSSR count). The Hall–Kier alpha value is -3.45. The van der Waals surface area contributed by atoms with Crippen molar-refractivity contribution >= 4 is 23.5 Å². The summed E-state index contributed by atoms with van der Waals surface area (Å²) in [5.74, 6) is -1.85. The summed E-state index contributed by atoms with van der Waals surface area (Å²) in [6.07, 6.45) is 0. The van der Waals surface area contributed by atoms with Gasteiger partial charge in [0.2, 0.25) is 5.91 Å². The first-order valence-electron chi connectivity index (χ1n) is 8.36. The SMILES string of the molecule is O=C(Cn1nc(-c2ccccc2Cl)ccc1=O)N[C@@H](C(=O)O)c1ccccc1. The molecule has 8 heteroatoms. The smallest absolute Gasteiger partial charge is 0.330 e. The van der Waals surface area contributed by atoms with E-state index in [0.717, 1.165) is 4.68 Å². The average molecular weight is 398 g/mol. The van der Waals surface area contributed by atoms with Crippen molar-refractivity contribution in [1.82, 2.24) is 15.1 Å². The maximum Gasteiger partial charge on any atom is 0.330 e. The monoisotopic (exact) mass is 397 g/mol. The molecule has 1 amide bonds. The largest absolute Gasteiger partial charge is 0.479 e. The predicted molar refractivity (Wildman–Crippen MR) is 104 cm³/mol. The van der Waals surface area contributed by atoms with Gasteiger partial charge in [0.05, 0.1) is 10.7 Å². The second kappa shape index (κ2) is 8.49. The fourth-order valence-corrected chi connectivity index (χ4v) is 2.88. The quantitative estimate of drug-likeness (QED) is 0.665. The van der Waals surface area contributed by atoms with Crippen LogP contribution in [0.4, 0.5) is 0 Å². The van der Waals surface area contributed by atoms with E-state index >= 15 is 0 Å². The van der Waals surface area contributed by atoms with Crippen molar-refractivity contribution in [2.75, 3.05) is 0 Å². The molecule has 2 N–H and O–H groups in total. The van der Waals surface area contributed by atoms with Gasteiger partial charge in [-0.1, -0.05) is 60.1 Å². The minimum Gasteiger partial charge on any atom is -0.479 e. The number of halogens is 1. The highest BCUT2D eigenvalue weighted by Crippen LogP contribution is 2.24. The van der Waals surface area contributed by atoms with Crippen molar-refractivity contribution in [2.45, 2.75) is 12.6 Å². The van der Waals surface area contributed by atoms with E-state index < -0.39 is 30.0 Å². The zero-order valence-corrected chi connectivity index (χ0v) is 15.3. The first-order chi connectivity index (χ1) is 13.5. The number of aliphatic carboxylic acids is 1. The molecule has 0 spiro atoms. The summed E-state index contributed by atoms with van der Waals surface area (Å²) in [6, 6.07) is 16.9. The Morgan fingerprint density at radius 2 is 1.71 bits per heavy atom. The number of carboxylic acid groups (broad SMARTS) is 1. The highest BCUT2D eigenvalue weighted by molar-refractivity contribution is 6.33. The van der Waals surface area contributed by atoms with Gasteiger partial charge in [-0.2, -0.15) is 5.10 Å². The standard InChI is InChI=1S/C20H16ClN3O4/c21-15-9-5-4-8-14(15)16-10-11-18(26)24(23-16)12-17(25)22-19(20(27)28)13-6-2-1-3-7-13/h1-11,19H,12H2,(H,22,25)(H,27,28)/t19-/m1/s1. The van der Waals surface area contributed by atoms with Crippen LogP contribution >= 0.6 is 11.6 Å². The highest BCUT2D eigenvalue weighted by atomic mass is 35.5. The first kappa shape index (κ1) is 19.3. The second-order valence-electron chi connectivity index (χ2n) is 5.94. The molecule has 0 aliphatic rings. The van der Waals surface area contributed by atoms with Gasteiger partial charge in [-0.15, -0.1) is 0 Å². The summed E-state index contributed by atoms with van der Waals surface area (Å²) in [7, 11) is 0. The van der Waals surface area contributed by atoms with Crippen LogP contribution in [0.15, 0.2) is 71.5 Å². The van der Waals surface area contributed by atoms with Crippen molar-refractivity contribution in [3.05, 3.63) is 87.7 Å².